The summed E-state index contributed by atoms with van der Waals surface area (Å²) in [7, 11) is 0. The van der Waals surface area contributed by atoms with Crippen molar-refractivity contribution in [2.45, 2.75) is 6.42 Å². The fourth-order valence-corrected chi connectivity index (χ4v) is 4.19. The van der Waals surface area contributed by atoms with E-state index in [1.165, 1.54) is 10.4 Å². The third-order valence-corrected chi connectivity index (χ3v) is 6.05. The van der Waals surface area contributed by atoms with E-state index in [4.69, 9.17) is 31.2 Å². The molecule has 0 aliphatic carbocycles. The summed E-state index contributed by atoms with van der Waals surface area (Å²) in [6, 6.07) is 12.0. The summed E-state index contributed by atoms with van der Waals surface area (Å²) < 4.78 is 16.8. The fraction of sp³-hybridized carbons (Fsp3) is 0.364. The van der Waals surface area contributed by atoms with Crippen molar-refractivity contribution in [1.29, 1.82) is 0 Å². The number of rotatable bonds is 5. The Morgan fingerprint density at radius 1 is 1.03 bits per heavy atom. The molecule has 3 aromatic rings. The summed E-state index contributed by atoms with van der Waals surface area (Å²) in [5.41, 5.74) is 8.06. The van der Waals surface area contributed by atoms with E-state index in [1.807, 2.05) is 11.1 Å². The first-order valence-electron chi connectivity index (χ1n) is 10.6. The van der Waals surface area contributed by atoms with E-state index in [0.717, 1.165) is 26.1 Å². The number of hydrogen-bond donors (Lipinski definition) is 1. The Balaban J connectivity index is 0.00000259. The van der Waals surface area contributed by atoms with Gasteiger partial charge in [-0.3, -0.25) is 9.91 Å². The van der Waals surface area contributed by atoms with Crippen LogP contribution in [0.3, 0.4) is 0 Å². The summed E-state index contributed by atoms with van der Waals surface area (Å²) in [6.07, 6.45) is 1.000. The van der Waals surface area contributed by atoms with Crippen molar-refractivity contribution >= 4 is 29.7 Å². The summed E-state index contributed by atoms with van der Waals surface area (Å²) in [5, 5.41) is 6.58. The molecule has 2 N–H and O–H groups in total. The van der Waals surface area contributed by atoms with Gasteiger partial charge in [0.1, 0.15) is 13.2 Å². The maximum atomic E-state index is 12.6. The second-order valence-electron chi connectivity index (χ2n) is 7.77. The summed E-state index contributed by atoms with van der Waals surface area (Å²) >= 11 is 6.26. The zero-order chi connectivity index (χ0) is 22.1. The quantitative estimate of drug-likeness (QED) is 0.541. The third-order valence-electron chi connectivity index (χ3n) is 5.74. The molecule has 0 spiro atoms. The maximum absolute atomic E-state index is 12.6. The first-order valence-corrected chi connectivity index (χ1v) is 11.0. The van der Waals surface area contributed by atoms with Crippen LogP contribution in [-0.4, -0.2) is 60.7 Å². The van der Waals surface area contributed by atoms with Gasteiger partial charge in [0, 0.05) is 32.7 Å². The number of anilines is 1. The number of piperazine rings is 1. The molecular weight excluding hydrogens is 469 g/mol. The number of fused-ring (bicyclic) bond motifs is 1. The van der Waals surface area contributed by atoms with E-state index < -0.39 is 5.76 Å². The van der Waals surface area contributed by atoms with E-state index in [0.29, 0.717) is 49.1 Å². The molecule has 0 unspecified atom stereocenters. The van der Waals surface area contributed by atoms with E-state index in [1.54, 1.807) is 6.07 Å². The smallest absolute Gasteiger partial charge is 0.457 e. The highest BCUT2D eigenvalue weighted by Crippen LogP contribution is 2.46. The minimum atomic E-state index is -0.559. The van der Waals surface area contributed by atoms with E-state index >= 15 is 0 Å². The van der Waals surface area contributed by atoms with E-state index in [9.17, 15) is 4.79 Å². The van der Waals surface area contributed by atoms with Crippen LogP contribution < -0.4 is 26.0 Å². The minimum Gasteiger partial charge on any atom is -0.485 e. The van der Waals surface area contributed by atoms with Gasteiger partial charge in [0.15, 0.2) is 11.5 Å². The van der Waals surface area contributed by atoms with Crippen LogP contribution in [0, 0.1) is 0 Å². The van der Waals surface area contributed by atoms with Gasteiger partial charge in [0.05, 0.1) is 16.3 Å². The van der Waals surface area contributed by atoms with E-state index in [-0.39, 0.29) is 23.3 Å². The predicted molar refractivity (Wildman–Crippen MR) is 128 cm³/mol. The first kappa shape index (κ1) is 23.3. The van der Waals surface area contributed by atoms with Crippen LogP contribution in [0.5, 0.6) is 11.5 Å². The monoisotopic (exact) mass is 493 g/mol. The molecule has 176 valence electrons. The number of aromatic nitrogens is 2. The summed E-state index contributed by atoms with van der Waals surface area (Å²) in [6.45, 7) is 4.70. The zero-order valence-corrected chi connectivity index (χ0v) is 19.5. The van der Waals surface area contributed by atoms with Crippen LogP contribution in [0.15, 0.2) is 45.6 Å². The lowest BCUT2D eigenvalue weighted by Crippen LogP contribution is -2.54. The van der Waals surface area contributed by atoms with Gasteiger partial charge >= 0.3 is 5.76 Å². The van der Waals surface area contributed by atoms with Gasteiger partial charge in [-0.2, -0.15) is 0 Å². The molecule has 1 fully saturated rings. The highest BCUT2D eigenvalue weighted by Gasteiger charge is 2.27. The molecule has 1 aromatic heterocycles. The van der Waals surface area contributed by atoms with E-state index in [2.05, 4.69) is 34.3 Å². The molecule has 2 aliphatic heterocycles. The molecule has 9 nitrogen and oxygen atoms in total. The molecule has 11 heteroatoms. The zero-order valence-electron chi connectivity index (χ0n) is 17.9. The van der Waals surface area contributed by atoms with Crippen molar-refractivity contribution in [3.05, 3.63) is 57.5 Å². The number of nitrogen functional groups attached to an aromatic ring is 1. The Morgan fingerprint density at radius 2 is 1.73 bits per heavy atom. The predicted octanol–water partition coefficient (Wildman–Crippen LogP) is 2.43. The van der Waals surface area contributed by atoms with Crippen molar-refractivity contribution in [3.8, 4) is 23.0 Å². The molecular formula is C22H25Cl2N5O4. The Kier molecular flexibility index (Phi) is 7.02. The number of nitrogens with two attached hydrogens (primary N) is 1. The van der Waals surface area contributed by atoms with Crippen LogP contribution in [0.2, 0.25) is 5.02 Å². The topological polar surface area (TPSA) is 99.0 Å². The van der Waals surface area contributed by atoms with Gasteiger partial charge in [-0.25, -0.2) is 4.79 Å². The number of nitrogens with zero attached hydrogens (tertiary/aromatic N) is 4. The number of ether oxygens (including phenoxy) is 2. The Labute approximate surface area is 202 Å². The summed E-state index contributed by atoms with van der Waals surface area (Å²) in [4.78, 5) is 16.2. The van der Waals surface area contributed by atoms with Gasteiger partial charge in [0.2, 0.25) is 0 Å². The summed E-state index contributed by atoms with van der Waals surface area (Å²) in [5.74, 6) is 0.293. The lowest BCUT2D eigenvalue weighted by Gasteiger charge is -2.34. The Bertz CT molecular complexity index is 1160. The molecule has 1 saturated heterocycles. The molecule has 3 heterocycles. The van der Waals surface area contributed by atoms with Gasteiger partial charge in [0.25, 0.3) is 5.89 Å². The van der Waals surface area contributed by atoms with Crippen molar-refractivity contribution in [2.24, 2.45) is 0 Å². The second-order valence-corrected chi connectivity index (χ2v) is 8.18. The molecule has 0 saturated carbocycles. The van der Waals surface area contributed by atoms with Crippen LogP contribution in [0.25, 0.3) is 11.5 Å². The lowest BCUT2D eigenvalue weighted by molar-refractivity contribution is 0.173. The van der Waals surface area contributed by atoms with Crippen molar-refractivity contribution in [3.63, 3.8) is 0 Å². The Hall–Kier alpha value is -2.88. The lowest BCUT2D eigenvalue weighted by atomic mass is 10.1. The van der Waals surface area contributed by atoms with Crippen LogP contribution in [0.1, 0.15) is 5.56 Å². The highest BCUT2D eigenvalue weighted by molar-refractivity contribution is 6.34. The van der Waals surface area contributed by atoms with Crippen molar-refractivity contribution in [1.82, 2.24) is 14.8 Å². The van der Waals surface area contributed by atoms with Crippen molar-refractivity contribution in [2.75, 3.05) is 56.7 Å². The number of benzene rings is 2. The molecule has 0 radical (unpaired) electrons. The molecule has 2 aromatic carbocycles. The van der Waals surface area contributed by atoms with Gasteiger partial charge in [-0.15, -0.1) is 17.5 Å². The first-order chi connectivity index (χ1) is 15.6. The average Bonchev–Trinajstić information content (AvgIpc) is 3.22. The second kappa shape index (κ2) is 9.94. The number of halogens is 2. The average molecular weight is 494 g/mol. The Morgan fingerprint density at radius 3 is 2.45 bits per heavy atom. The van der Waals surface area contributed by atoms with Crippen LogP contribution in [-0.2, 0) is 6.42 Å². The third kappa shape index (κ3) is 4.75. The van der Waals surface area contributed by atoms with Gasteiger partial charge in [-0.05, 0) is 18.1 Å². The molecule has 0 amide bonds. The minimum absolute atomic E-state index is 0. The largest absolute Gasteiger partial charge is 0.485 e. The molecule has 5 rings (SSSR count). The SMILES string of the molecule is Cl.Nc1c(Cl)cc(-c2nn(N3CCN(CCc4ccccc4)CC3)c(=O)o2)c2c1OCCO2. The number of hydrogen-bond acceptors (Lipinski definition) is 8. The highest BCUT2D eigenvalue weighted by atomic mass is 35.5. The molecule has 0 atom stereocenters. The standard InChI is InChI=1S/C22H24ClN5O4.ClH/c23-17-14-16(19-20(18(17)24)31-13-12-30-19)21-25-28(22(29)32-21)27-10-8-26(9-11-27)7-6-15-4-2-1-3-5-15;/h1-5,14H,6-13,24H2;1H. The molecule has 33 heavy (non-hydrogen) atoms. The molecule has 0 bridgehead atoms. The van der Waals surface area contributed by atoms with Crippen molar-refractivity contribution < 1.29 is 13.9 Å². The van der Waals surface area contributed by atoms with Gasteiger partial charge < -0.3 is 19.6 Å². The normalized spacial score (nSPS) is 15.8. The van der Waals surface area contributed by atoms with Crippen LogP contribution in [0.4, 0.5) is 5.69 Å². The fourth-order valence-electron chi connectivity index (χ4n) is 4.00. The van der Waals surface area contributed by atoms with Crippen LogP contribution >= 0.6 is 24.0 Å². The maximum Gasteiger partial charge on any atom is 0.457 e. The molecule has 2 aliphatic rings. The van der Waals surface area contributed by atoms with Gasteiger partial charge in [-0.1, -0.05) is 46.7 Å².